The normalized spacial score (nSPS) is 14.8. The smallest absolute Gasteiger partial charge is 0.337 e. The standard InChI is InChI=1S/C25H22N4O4/c1-15-19(24(31)33-14-17-7-5-4-6-8-17)20(18-11-9-16(13-26)10-12-18)21-22(27-15)28(2)25(32)29(3)23(21)30/h4-12,20,27H,14H2,1-3H3. The van der Waals surface area contributed by atoms with Gasteiger partial charge in [0.25, 0.3) is 5.56 Å². The number of anilines is 1. The molecule has 4 rings (SSSR count). The van der Waals surface area contributed by atoms with E-state index in [4.69, 9.17) is 10.00 Å². The number of hydrogen-bond acceptors (Lipinski definition) is 6. The van der Waals surface area contributed by atoms with E-state index in [0.717, 1.165) is 10.1 Å². The Labute approximate surface area is 190 Å². The summed E-state index contributed by atoms with van der Waals surface area (Å²) in [6.07, 6.45) is 0. The number of esters is 1. The first-order valence-electron chi connectivity index (χ1n) is 10.3. The second-order valence-corrected chi connectivity index (χ2v) is 7.86. The van der Waals surface area contributed by atoms with Crippen LogP contribution in [0.5, 0.6) is 0 Å². The average molecular weight is 442 g/mol. The molecule has 1 atom stereocenters. The fourth-order valence-electron chi connectivity index (χ4n) is 4.04. The zero-order chi connectivity index (χ0) is 23.7. The molecule has 2 heterocycles. The number of carbonyl (C=O) groups is 1. The molecule has 0 aliphatic carbocycles. The van der Waals surface area contributed by atoms with Crippen molar-refractivity contribution < 1.29 is 9.53 Å². The number of carbonyl (C=O) groups excluding carboxylic acids is 1. The molecule has 0 saturated carbocycles. The number of nitrogens with one attached hydrogen (secondary N) is 1. The average Bonchev–Trinajstić information content (AvgIpc) is 2.84. The molecule has 0 bridgehead atoms. The van der Waals surface area contributed by atoms with E-state index < -0.39 is 23.1 Å². The fraction of sp³-hybridized carbons (Fsp3) is 0.200. The number of benzene rings is 2. The number of ether oxygens (including phenoxy) is 1. The van der Waals surface area contributed by atoms with Crippen LogP contribution in [0.2, 0.25) is 0 Å². The van der Waals surface area contributed by atoms with Crippen molar-refractivity contribution in [3.63, 3.8) is 0 Å². The lowest BCUT2D eigenvalue weighted by Crippen LogP contribution is -2.43. The lowest BCUT2D eigenvalue weighted by Gasteiger charge is -2.30. The Bertz CT molecular complexity index is 1420. The van der Waals surface area contributed by atoms with Gasteiger partial charge in [-0.05, 0) is 30.2 Å². The zero-order valence-corrected chi connectivity index (χ0v) is 18.5. The van der Waals surface area contributed by atoms with Gasteiger partial charge in [-0.3, -0.25) is 13.9 Å². The molecule has 0 spiro atoms. The van der Waals surface area contributed by atoms with E-state index in [-0.39, 0.29) is 17.7 Å². The van der Waals surface area contributed by atoms with Crippen LogP contribution in [0.15, 0.2) is 75.5 Å². The third kappa shape index (κ3) is 3.85. The summed E-state index contributed by atoms with van der Waals surface area (Å²) in [4.78, 5) is 39.0. The van der Waals surface area contributed by atoms with Crippen LogP contribution < -0.4 is 16.6 Å². The predicted molar refractivity (Wildman–Crippen MR) is 122 cm³/mol. The van der Waals surface area contributed by atoms with E-state index in [2.05, 4.69) is 11.4 Å². The van der Waals surface area contributed by atoms with Crippen LogP contribution in [-0.2, 0) is 30.2 Å². The Balaban J connectivity index is 1.86. The van der Waals surface area contributed by atoms with Crippen LogP contribution >= 0.6 is 0 Å². The highest BCUT2D eigenvalue weighted by atomic mass is 16.5. The maximum atomic E-state index is 13.3. The van der Waals surface area contributed by atoms with Crippen molar-refractivity contribution >= 4 is 11.8 Å². The zero-order valence-electron chi connectivity index (χ0n) is 18.5. The first-order chi connectivity index (χ1) is 15.8. The van der Waals surface area contributed by atoms with Gasteiger partial charge in [-0.2, -0.15) is 5.26 Å². The van der Waals surface area contributed by atoms with Crippen LogP contribution in [0.3, 0.4) is 0 Å². The fourth-order valence-corrected chi connectivity index (χ4v) is 4.04. The molecule has 0 fully saturated rings. The van der Waals surface area contributed by atoms with E-state index in [0.29, 0.717) is 22.6 Å². The maximum absolute atomic E-state index is 13.3. The quantitative estimate of drug-likeness (QED) is 0.623. The van der Waals surface area contributed by atoms with Crippen LogP contribution in [0.1, 0.15) is 35.1 Å². The van der Waals surface area contributed by atoms with Crippen LogP contribution in [0.25, 0.3) is 0 Å². The van der Waals surface area contributed by atoms with E-state index in [1.54, 1.807) is 38.2 Å². The van der Waals surface area contributed by atoms with Gasteiger partial charge in [-0.25, -0.2) is 9.59 Å². The van der Waals surface area contributed by atoms with Crippen molar-refractivity contribution in [2.75, 3.05) is 5.32 Å². The van der Waals surface area contributed by atoms with Gasteiger partial charge in [-0.1, -0.05) is 42.5 Å². The SMILES string of the molecule is CC1=C(C(=O)OCc2ccccc2)C(c2ccc(C#N)cc2)c2c(n(C)c(=O)n(C)c2=O)N1. The summed E-state index contributed by atoms with van der Waals surface area (Å²) in [5.74, 6) is -1.02. The number of hydrogen-bond donors (Lipinski definition) is 1. The molecule has 8 nitrogen and oxygen atoms in total. The molecule has 1 aromatic heterocycles. The van der Waals surface area contributed by atoms with Gasteiger partial charge < -0.3 is 10.1 Å². The Morgan fingerprint density at radius 3 is 2.36 bits per heavy atom. The Morgan fingerprint density at radius 1 is 1.06 bits per heavy atom. The number of fused-ring (bicyclic) bond motifs is 1. The molecule has 33 heavy (non-hydrogen) atoms. The second-order valence-electron chi connectivity index (χ2n) is 7.86. The summed E-state index contributed by atoms with van der Waals surface area (Å²) >= 11 is 0. The van der Waals surface area contributed by atoms with Crippen molar-refractivity contribution in [3.05, 3.63) is 109 Å². The van der Waals surface area contributed by atoms with Gasteiger partial charge >= 0.3 is 11.7 Å². The van der Waals surface area contributed by atoms with Gasteiger partial charge in [-0.15, -0.1) is 0 Å². The lowest BCUT2D eigenvalue weighted by molar-refractivity contribution is -0.140. The minimum Gasteiger partial charge on any atom is -0.457 e. The van der Waals surface area contributed by atoms with Crippen LogP contribution in [0.4, 0.5) is 5.82 Å². The molecule has 1 N–H and O–H groups in total. The lowest BCUT2D eigenvalue weighted by atomic mass is 9.82. The highest BCUT2D eigenvalue weighted by Crippen LogP contribution is 2.40. The Hall–Kier alpha value is -4.38. The largest absolute Gasteiger partial charge is 0.457 e. The third-order valence-electron chi connectivity index (χ3n) is 5.79. The van der Waals surface area contributed by atoms with E-state index in [1.165, 1.54) is 11.6 Å². The minimum atomic E-state index is -0.775. The molecule has 3 aromatic rings. The number of aromatic nitrogens is 2. The highest BCUT2D eigenvalue weighted by Gasteiger charge is 2.37. The summed E-state index contributed by atoms with van der Waals surface area (Å²) in [5.41, 5.74) is 1.97. The number of rotatable bonds is 4. The molecular formula is C25H22N4O4. The molecule has 1 aliphatic heterocycles. The van der Waals surface area contributed by atoms with Crippen molar-refractivity contribution in [1.29, 1.82) is 5.26 Å². The summed E-state index contributed by atoms with van der Waals surface area (Å²) in [7, 11) is 2.97. The summed E-state index contributed by atoms with van der Waals surface area (Å²) < 4.78 is 7.98. The Morgan fingerprint density at radius 2 is 1.73 bits per heavy atom. The molecule has 2 aromatic carbocycles. The molecule has 8 heteroatoms. The van der Waals surface area contributed by atoms with Crippen molar-refractivity contribution in [2.45, 2.75) is 19.4 Å². The van der Waals surface area contributed by atoms with Gasteiger partial charge in [0.05, 0.1) is 28.7 Å². The third-order valence-corrected chi connectivity index (χ3v) is 5.79. The van der Waals surface area contributed by atoms with Crippen molar-refractivity contribution in [3.8, 4) is 6.07 Å². The van der Waals surface area contributed by atoms with Gasteiger partial charge in [0.2, 0.25) is 0 Å². The molecule has 1 aliphatic rings. The monoisotopic (exact) mass is 442 g/mol. The summed E-state index contributed by atoms with van der Waals surface area (Å²) in [5, 5.41) is 12.2. The minimum absolute atomic E-state index is 0.0781. The molecule has 166 valence electrons. The van der Waals surface area contributed by atoms with E-state index >= 15 is 0 Å². The van der Waals surface area contributed by atoms with Gasteiger partial charge in [0.15, 0.2) is 0 Å². The number of nitrogens with zero attached hydrogens (tertiary/aromatic N) is 3. The Kier molecular flexibility index (Phi) is 5.71. The molecule has 0 saturated heterocycles. The number of allylic oxidation sites excluding steroid dienone is 1. The highest BCUT2D eigenvalue weighted by molar-refractivity contribution is 5.94. The van der Waals surface area contributed by atoms with Crippen molar-refractivity contribution in [1.82, 2.24) is 9.13 Å². The summed E-state index contributed by atoms with van der Waals surface area (Å²) in [6, 6.07) is 18.0. The molecule has 0 amide bonds. The van der Waals surface area contributed by atoms with Crippen molar-refractivity contribution in [2.24, 2.45) is 14.1 Å². The first-order valence-corrected chi connectivity index (χ1v) is 10.3. The molecule has 0 radical (unpaired) electrons. The topological polar surface area (TPSA) is 106 Å². The van der Waals surface area contributed by atoms with E-state index in [9.17, 15) is 14.4 Å². The van der Waals surface area contributed by atoms with E-state index in [1.807, 2.05) is 30.3 Å². The molecular weight excluding hydrogens is 420 g/mol. The van der Waals surface area contributed by atoms with Crippen LogP contribution in [-0.4, -0.2) is 15.1 Å². The predicted octanol–water partition coefficient (Wildman–Crippen LogP) is 2.53. The maximum Gasteiger partial charge on any atom is 0.337 e. The van der Waals surface area contributed by atoms with Gasteiger partial charge in [0.1, 0.15) is 12.4 Å². The first kappa shape index (κ1) is 21.8. The summed E-state index contributed by atoms with van der Waals surface area (Å²) in [6.45, 7) is 1.79. The molecule has 1 unspecified atom stereocenters. The van der Waals surface area contributed by atoms with Gasteiger partial charge in [0, 0.05) is 19.8 Å². The second kappa shape index (κ2) is 8.63. The van der Waals surface area contributed by atoms with Crippen LogP contribution in [0, 0.1) is 11.3 Å². The number of nitriles is 1.